The van der Waals surface area contributed by atoms with E-state index >= 15 is 0 Å². The van der Waals surface area contributed by atoms with Crippen molar-refractivity contribution in [3.8, 4) is 0 Å². The van der Waals surface area contributed by atoms with Gasteiger partial charge in [-0.2, -0.15) is 0 Å². The van der Waals surface area contributed by atoms with E-state index < -0.39 is 16.0 Å². The molecule has 0 radical (unpaired) electrons. The monoisotopic (exact) mass is 444 g/mol. The number of fused-ring (bicyclic) bond motifs is 1. The van der Waals surface area contributed by atoms with Gasteiger partial charge in [0, 0.05) is 37.3 Å². The van der Waals surface area contributed by atoms with Crippen molar-refractivity contribution in [1.29, 1.82) is 0 Å². The van der Waals surface area contributed by atoms with Crippen LogP contribution in [0.3, 0.4) is 0 Å². The molecule has 0 amide bonds. The summed E-state index contributed by atoms with van der Waals surface area (Å²) in [5, 5.41) is 10.1. The van der Waals surface area contributed by atoms with Crippen molar-refractivity contribution in [3.63, 3.8) is 0 Å². The lowest BCUT2D eigenvalue weighted by Gasteiger charge is -2.37. The number of aromatic nitrogens is 1. The summed E-state index contributed by atoms with van der Waals surface area (Å²) in [6.45, 7) is 2.25. The molecule has 0 saturated carbocycles. The van der Waals surface area contributed by atoms with Crippen LogP contribution in [0.15, 0.2) is 48.5 Å². The van der Waals surface area contributed by atoms with Gasteiger partial charge in [-0.25, -0.2) is 22.6 Å². The number of pyridine rings is 1. The third-order valence-corrected chi connectivity index (χ3v) is 5.73. The molecule has 2 aromatic carbocycles. The van der Waals surface area contributed by atoms with E-state index in [1.807, 2.05) is 9.80 Å². The van der Waals surface area contributed by atoms with Gasteiger partial charge in [0.05, 0.1) is 23.0 Å². The lowest BCUT2D eigenvalue weighted by atomic mass is 10.1. The molecule has 162 valence electrons. The van der Waals surface area contributed by atoms with Crippen molar-refractivity contribution < 1.29 is 22.7 Å². The molecule has 31 heavy (non-hydrogen) atoms. The highest BCUT2D eigenvalue weighted by molar-refractivity contribution is 7.92. The van der Waals surface area contributed by atoms with Gasteiger partial charge in [0.1, 0.15) is 11.6 Å². The van der Waals surface area contributed by atoms with Crippen molar-refractivity contribution in [1.82, 2.24) is 4.98 Å². The summed E-state index contributed by atoms with van der Waals surface area (Å²) in [5.74, 6) is -0.886. The predicted octanol–water partition coefficient (Wildman–Crippen LogP) is 2.77. The van der Waals surface area contributed by atoms with Crippen LogP contribution in [0.25, 0.3) is 10.9 Å². The lowest BCUT2D eigenvalue weighted by Crippen LogP contribution is -2.47. The standard InChI is InChI=1S/C21H21FN4O4S/c1-31(29,30)24-14-6-7-18-15(12-14)16(21(27)28)13-20(23-18)26-10-8-25(9-11-26)19-5-3-2-4-17(19)22/h2-7,12-13,24H,8-11H2,1H3,(H,27,28). The van der Waals surface area contributed by atoms with E-state index in [1.54, 1.807) is 30.3 Å². The molecule has 1 saturated heterocycles. The van der Waals surface area contributed by atoms with Gasteiger partial charge in [-0.1, -0.05) is 12.1 Å². The normalized spacial score (nSPS) is 14.6. The maximum atomic E-state index is 14.1. The van der Waals surface area contributed by atoms with Crippen LogP contribution in [0.5, 0.6) is 0 Å². The Labute approximate surface area is 179 Å². The predicted molar refractivity (Wildman–Crippen MR) is 118 cm³/mol. The fourth-order valence-corrected chi connectivity index (χ4v) is 4.27. The topological polar surface area (TPSA) is 103 Å². The van der Waals surface area contributed by atoms with E-state index in [2.05, 4.69) is 9.71 Å². The smallest absolute Gasteiger partial charge is 0.336 e. The van der Waals surface area contributed by atoms with Crippen molar-refractivity contribution in [2.24, 2.45) is 0 Å². The maximum absolute atomic E-state index is 14.1. The quantitative estimate of drug-likeness (QED) is 0.624. The van der Waals surface area contributed by atoms with Gasteiger partial charge in [0.2, 0.25) is 10.0 Å². The van der Waals surface area contributed by atoms with Crippen LogP contribution in [0.4, 0.5) is 21.6 Å². The highest BCUT2D eigenvalue weighted by Crippen LogP contribution is 2.28. The molecule has 1 fully saturated rings. The molecule has 0 aliphatic carbocycles. The molecule has 0 bridgehead atoms. The Kier molecular flexibility index (Phi) is 5.40. The SMILES string of the molecule is CS(=O)(=O)Nc1ccc2nc(N3CCN(c4ccccc4F)CC3)cc(C(=O)O)c2c1. The van der Waals surface area contributed by atoms with E-state index in [4.69, 9.17) is 0 Å². The number of carbonyl (C=O) groups is 1. The molecule has 1 aliphatic rings. The lowest BCUT2D eigenvalue weighted by molar-refractivity contribution is 0.0699. The average Bonchev–Trinajstić information content (AvgIpc) is 2.72. The first-order valence-corrected chi connectivity index (χ1v) is 11.5. The van der Waals surface area contributed by atoms with Crippen molar-refractivity contribution >= 4 is 44.1 Å². The summed E-state index contributed by atoms with van der Waals surface area (Å²) in [6, 6.07) is 12.7. The van der Waals surface area contributed by atoms with Crippen LogP contribution in [0.2, 0.25) is 0 Å². The Bertz CT molecular complexity index is 1260. The number of nitrogens with zero attached hydrogens (tertiary/aromatic N) is 3. The van der Waals surface area contributed by atoms with Gasteiger partial charge < -0.3 is 14.9 Å². The highest BCUT2D eigenvalue weighted by Gasteiger charge is 2.22. The number of para-hydroxylation sites is 1. The minimum Gasteiger partial charge on any atom is -0.478 e. The summed E-state index contributed by atoms with van der Waals surface area (Å²) in [5.41, 5.74) is 1.30. The molecule has 0 spiro atoms. The van der Waals surface area contributed by atoms with Gasteiger partial charge in [0.15, 0.2) is 0 Å². The number of benzene rings is 2. The second-order valence-electron chi connectivity index (χ2n) is 7.36. The Hall–Kier alpha value is -3.40. The van der Waals surface area contributed by atoms with Crippen LogP contribution in [-0.4, -0.2) is 56.9 Å². The highest BCUT2D eigenvalue weighted by atomic mass is 32.2. The number of nitrogens with one attached hydrogen (secondary N) is 1. The summed E-state index contributed by atoms with van der Waals surface area (Å²) in [7, 11) is -3.49. The number of piperazine rings is 1. The van der Waals surface area contributed by atoms with E-state index in [0.29, 0.717) is 48.6 Å². The minimum absolute atomic E-state index is 0.0358. The number of rotatable bonds is 5. The molecule has 4 rings (SSSR count). The third-order valence-electron chi connectivity index (χ3n) is 5.13. The minimum atomic E-state index is -3.49. The van der Waals surface area contributed by atoms with Gasteiger partial charge in [0.25, 0.3) is 0 Å². The number of hydrogen-bond donors (Lipinski definition) is 2. The van der Waals surface area contributed by atoms with Crippen molar-refractivity contribution in [2.45, 2.75) is 0 Å². The van der Waals surface area contributed by atoms with E-state index in [1.165, 1.54) is 18.2 Å². The second kappa shape index (κ2) is 8.03. The first-order chi connectivity index (χ1) is 14.7. The maximum Gasteiger partial charge on any atom is 0.336 e. The third kappa shape index (κ3) is 4.53. The first-order valence-electron chi connectivity index (χ1n) is 9.61. The van der Waals surface area contributed by atoms with E-state index in [9.17, 15) is 22.7 Å². The second-order valence-corrected chi connectivity index (χ2v) is 9.11. The summed E-state index contributed by atoms with van der Waals surface area (Å²) in [6.07, 6.45) is 1.03. The fraction of sp³-hybridized carbons (Fsp3) is 0.238. The molecule has 3 aromatic rings. The molecule has 0 unspecified atom stereocenters. The number of anilines is 3. The molecule has 2 N–H and O–H groups in total. The van der Waals surface area contributed by atoms with Crippen LogP contribution in [0, 0.1) is 5.82 Å². The van der Waals surface area contributed by atoms with Crippen molar-refractivity contribution in [2.75, 3.05) is 47.0 Å². The fourth-order valence-electron chi connectivity index (χ4n) is 3.71. The Morgan fingerprint density at radius 2 is 1.74 bits per heavy atom. The van der Waals surface area contributed by atoms with Gasteiger partial charge in [-0.3, -0.25) is 4.72 Å². The molecule has 10 heteroatoms. The average molecular weight is 444 g/mol. The Morgan fingerprint density at radius 3 is 2.39 bits per heavy atom. The Balaban J connectivity index is 1.62. The largest absolute Gasteiger partial charge is 0.478 e. The number of aromatic carboxylic acids is 1. The van der Waals surface area contributed by atoms with Crippen LogP contribution >= 0.6 is 0 Å². The summed E-state index contributed by atoms with van der Waals surface area (Å²) in [4.78, 5) is 20.4. The Morgan fingerprint density at radius 1 is 1.06 bits per heavy atom. The van der Waals surface area contributed by atoms with Gasteiger partial charge in [-0.05, 0) is 36.4 Å². The number of halogens is 1. The van der Waals surface area contributed by atoms with Gasteiger partial charge >= 0.3 is 5.97 Å². The van der Waals surface area contributed by atoms with E-state index in [0.717, 1.165) is 6.26 Å². The summed E-state index contributed by atoms with van der Waals surface area (Å²) >= 11 is 0. The van der Waals surface area contributed by atoms with Crippen LogP contribution in [0.1, 0.15) is 10.4 Å². The molecular weight excluding hydrogens is 423 g/mol. The zero-order valence-electron chi connectivity index (χ0n) is 16.7. The number of carboxylic acid groups (broad SMARTS) is 1. The molecule has 0 atom stereocenters. The molecule has 2 heterocycles. The number of carboxylic acids is 1. The zero-order valence-corrected chi connectivity index (χ0v) is 17.6. The van der Waals surface area contributed by atoms with Crippen LogP contribution < -0.4 is 14.5 Å². The van der Waals surface area contributed by atoms with Crippen molar-refractivity contribution in [3.05, 3.63) is 59.9 Å². The zero-order chi connectivity index (χ0) is 22.2. The number of sulfonamides is 1. The number of hydrogen-bond acceptors (Lipinski definition) is 6. The van der Waals surface area contributed by atoms with E-state index in [-0.39, 0.29) is 17.1 Å². The molecule has 8 nitrogen and oxygen atoms in total. The molecular formula is C21H21FN4O4S. The van der Waals surface area contributed by atoms with Gasteiger partial charge in [-0.15, -0.1) is 0 Å². The first kappa shape index (κ1) is 20.9. The molecule has 1 aromatic heterocycles. The summed E-state index contributed by atoms with van der Waals surface area (Å²) < 4.78 is 39.4. The van der Waals surface area contributed by atoms with Crippen LogP contribution in [-0.2, 0) is 10.0 Å². The molecule has 1 aliphatic heterocycles.